The van der Waals surface area contributed by atoms with Crippen molar-refractivity contribution < 1.29 is 4.79 Å². The first-order chi connectivity index (χ1) is 12.1. The first-order valence-corrected chi connectivity index (χ1v) is 8.08. The lowest BCUT2D eigenvalue weighted by atomic mass is 10.1. The van der Waals surface area contributed by atoms with Gasteiger partial charge in [0.1, 0.15) is 5.82 Å². The Labute approximate surface area is 145 Å². The van der Waals surface area contributed by atoms with E-state index in [1.165, 1.54) is 0 Å². The molecule has 25 heavy (non-hydrogen) atoms. The van der Waals surface area contributed by atoms with Crippen molar-refractivity contribution in [1.82, 2.24) is 15.3 Å². The molecule has 0 aliphatic rings. The van der Waals surface area contributed by atoms with Crippen molar-refractivity contribution in [2.75, 3.05) is 25.5 Å². The summed E-state index contributed by atoms with van der Waals surface area (Å²) in [5.41, 5.74) is 1.85. The molecule has 0 radical (unpaired) electrons. The molecule has 0 spiro atoms. The Morgan fingerprint density at radius 1 is 1.20 bits per heavy atom. The van der Waals surface area contributed by atoms with Crippen molar-refractivity contribution >= 4 is 22.6 Å². The molecule has 0 unspecified atom stereocenters. The number of nitrogens with zero attached hydrogens (tertiary/aromatic N) is 2. The molecule has 2 N–H and O–H groups in total. The smallest absolute Gasteiger partial charge is 0.255 e. The Kier molecular flexibility index (Phi) is 4.79. The molecule has 0 aliphatic carbocycles. The van der Waals surface area contributed by atoms with Crippen LogP contribution in [-0.4, -0.2) is 36.5 Å². The summed E-state index contributed by atoms with van der Waals surface area (Å²) >= 11 is 0. The fourth-order valence-electron chi connectivity index (χ4n) is 2.71. The summed E-state index contributed by atoms with van der Waals surface area (Å²) in [6.45, 7) is 0.377. The predicted octanol–water partition coefficient (Wildman–Crippen LogP) is 1.96. The number of amides is 1. The second-order valence-corrected chi connectivity index (χ2v) is 5.99. The van der Waals surface area contributed by atoms with Crippen molar-refractivity contribution in [1.29, 1.82) is 0 Å². The van der Waals surface area contributed by atoms with Gasteiger partial charge < -0.3 is 15.2 Å². The zero-order chi connectivity index (χ0) is 17.8. The number of aromatic nitrogens is 2. The molecule has 1 aromatic carbocycles. The first-order valence-electron chi connectivity index (χ1n) is 8.08. The van der Waals surface area contributed by atoms with Gasteiger partial charge in [-0.1, -0.05) is 18.2 Å². The lowest BCUT2D eigenvalue weighted by molar-refractivity contribution is 0.0954. The summed E-state index contributed by atoms with van der Waals surface area (Å²) in [5.74, 6) is 0.414. The molecule has 3 rings (SSSR count). The van der Waals surface area contributed by atoms with Crippen LogP contribution in [0.2, 0.25) is 0 Å². The minimum Gasteiger partial charge on any atom is -0.362 e. The molecule has 0 aliphatic heterocycles. The summed E-state index contributed by atoms with van der Waals surface area (Å²) < 4.78 is 0. The fourth-order valence-corrected chi connectivity index (χ4v) is 2.71. The molecule has 6 nitrogen and oxygen atoms in total. The van der Waals surface area contributed by atoms with Gasteiger partial charge in [0.2, 0.25) is 0 Å². The van der Waals surface area contributed by atoms with Gasteiger partial charge in [-0.25, -0.2) is 4.98 Å². The molecule has 6 heteroatoms. The fraction of sp³-hybridized carbons (Fsp3) is 0.211. The largest absolute Gasteiger partial charge is 0.362 e. The van der Waals surface area contributed by atoms with Crippen LogP contribution in [0.4, 0.5) is 5.82 Å². The van der Waals surface area contributed by atoms with E-state index >= 15 is 0 Å². The highest BCUT2D eigenvalue weighted by atomic mass is 16.1. The molecule has 1 amide bonds. The van der Waals surface area contributed by atoms with Crippen molar-refractivity contribution in [3.63, 3.8) is 0 Å². The van der Waals surface area contributed by atoms with Crippen LogP contribution in [-0.2, 0) is 6.42 Å². The van der Waals surface area contributed by atoms with E-state index in [1.807, 2.05) is 44.4 Å². The second-order valence-electron chi connectivity index (χ2n) is 5.99. The average Bonchev–Trinajstić information content (AvgIpc) is 2.62. The summed E-state index contributed by atoms with van der Waals surface area (Å²) in [6, 6.07) is 13.0. The molecule has 2 aromatic heterocycles. The standard InChI is InChI=1S/C19H20N4O2/c1-23(2)17-15(7-5-10-20-17)19(25)21-11-9-14-12-13-6-3-4-8-16(13)22-18(14)24/h3-8,10,12H,9,11H2,1-2H3,(H,21,25)(H,22,24). The normalized spacial score (nSPS) is 10.6. The summed E-state index contributed by atoms with van der Waals surface area (Å²) in [7, 11) is 3.68. The molecule has 128 valence electrons. The predicted molar refractivity (Wildman–Crippen MR) is 99.2 cm³/mol. The number of para-hydroxylation sites is 1. The molecule has 0 bridgehead atoms. The zero-order valence-corrected chi connectivity index (χ0v) is 14.2. The minimum absolute atomic E-state index is 0.122. The molecule has 0 saturated carbocycles. The Balaban J connectivity index is 1.70. The maximum atomic E-state index is 12.4. The van der Waals surface area contributed by atoms with Crippen molar-refractivity contribution in [2.45, 2.75) is 6.42 Å². The highest BCUT2D eigenvalue weighted by molar-refractivity contribution is 5.98. The van der Waals surface area contributed by atoms with Crippen LogP contribution in [0.15, 0.2) is 53.5 Å². The Morgan fingerprint density at radius 2 is 2.00 bits per heavy atom. The van der Waals surface area contributed by atoms with Gasteiger partial charge >= 0.3 is 0 Å². The number of hydrogen-bond acceptors (Lipinski definition) is 4. The third-order valence-electron chi connectivity index (χ3n) is 3.97. The number of H-pyrrole nitrogens is 1. The number of rotatable bonds is 5. The van der Waals surface area contributed by atoms with Gasteiger partial charge in [0.05, 0.1) is 5.56 Å². The Morgan fingerprint density at radius 3 is 2.80 bits per heavy atom. The molecule has 2 heterocycles. The maximum absolute atomic E-state index is 12.4. The number of benzene rings is 1. The third-order valence-corrected chi connectivity index (χ3v) is 3.97. The number of anilines is 1. The number of hydrogen-bond donors (Lipinski definition) is 2. The van der Waals surface area contributed by atoms with Crippen molar-refractivity contribution in [2.24, 2.45) is 0 Å². The monoisotopic (exact) mass is 336 g/mol. The van der Waals surface area contributed by atoms with E-state index in [0.717, 1.165) is 10.9 Å². The summed E-state index contributed by atoms with van der Waals surface area (Å²) in [4.78, 5) is 33.4. The van der Waals surface area contributed by atoms with Gasteiger partial charge in [0.15, 0.2) is 0 Å². The lowest BCUT2D eigenvalue weighted by Gasteiger charge is -2.15. The van der Waals surface area contributed by atoms with Gasteiger partial charge in [0.25, 0.3) is 11.5 Å². The van der Waals surface area contributed by atoms with Gasteiger partial charge in [-0.3, -0.25) is 9.59 Å². The summed E-state index contributed by atoms with van der Waals surface area (Å²) in [5, 5.41) is 3.84. The van der Waals surface area contributed by atoms with Gasteiger partial charge in [-0.15, -0.1) is 0 Å². The Hall–Kier alpha value is -3.15. The molecular formula is C19H20N4O2. The van der Waals surface area contributed by atoms with E-state index in [1.54, 1.807) is 23.2 Å². The maximum Gasteiger partial charge on any atom is 0.255 e. The second kappa shape index (κ2) is 7.17. The Bertz CT molecular complexity index is 963. The van der Waals surface area contributed by atoms with E-state index in [9.17, 15) is 9.59 Å². The minimum atomic E-state index is -0.200. The zero-order valence-electron chi connectivity index (χ0n) is 14.2. The SMILES string of the molecule is CN(C)c1ncccc1C(=O)NCCc1cc2ccccc2[nH]c1=O. The number of carbonyl (C=O) groups excluding carboxylic acids is 1. The van der Waals surface area contributed by atoms with E-state index in [4.69, 9.17) is 0 Å². The highest BCUT2D eigenvalue weighted by Crippen LogP contribution is 2.14. The van der Waals surface area contributed by atoms with Crippen molar-refractivity contribution in [3.8, 4) is 0 Å². The lowest BCUT2D eigenvalue weighted by Crippen LogP contribution is -2.29. The van der Waals surface area contributed by atoms with Crippen LogP contribution in [0.1, 0.15) is 15.9 Å². The number of pyridine rings is 2. The molecule has 0 atom stereocenters. The van der Waals surface area contributed by atoms with E-state index in [0.29, 0.717) is 29.9 Å². The number of fused-ring (bicyclic) bond motifs is 1. The van der Waals surface area contributed by atoms with E-state index in [2.05, 4.69) is 15.3 Å². The average molecular weight is 336 g/mol. The van der Waals surface area contributed by atoms with Crippen LogP contribution in [0.5, 0.6) is 0 Å². The van der Waals surface area contributed by atoms with Crippen LogP contribution in [0.3, 0.4) is 0 Å². The highest BCUT2D eigenvalue weighted by Gasteiger charge is 2.13. The third kappa shape index (κ3) is 3.68. The number of nitrogens with one attached hydrogen (secondary N) is 2. The van der Waals surface area contributed by atoms with Crippen LogP contribution in [0, 0.1) is 0 Å². The van der Waals surface area contributed by atoms with Crippen LogP contribution in [0.25, 0.3) is 10.9 Å². The molecule has 0 fully saturated rings. The van der Waals surface area contributed by atoms with Crippen molar-refractivity contribution in [3.05, 3.63) is 70.1 Å². The van der Waals surface area contributed by atoms with Gasteiger partial charge in [-0.05, 0) is 36.1 Å². The number of aromatic amines is 1. The van der Waals surface area contributed by atoms with Crippen LogP contribution < -0.4 is 15.8 Å². The van der Waals surface area contributed by atoms with Gasteiger partial charge in [0, 0.05) is 37.9 Å². The summed E-state index contributed by atoms with van der Waals surface area (Å²) in [6.07, 6.45) is 2.12. The molecular weight excluding hydrogens is 316 g/mol. The first kappa shape index (κ1) is 16.7. The topological polar surface area (TPSA) is 78.1 Å². The molecule has 0 saturated heterocycles. The van der Waals surface area contributed by atoms with Crippen LogP contribution >= 0.6 is 0 Å². The molecule has 3 aromatic rings. The van der Waals surface area contributed by atoms with E-state index < -0.39 is 0 Å². The number of carbonyl (C=O) groups is 1. The van der Waals surface area contributed by atoms with Gasteiger partial charge in [-0.2, -0.15) is 0 Å². The van der Waals surface area contributed by atoms with E-state index in [-0.39, 0.29) is 11.5 Å². The quantitative estimate of drug-likeness (QED) is 0.747.